The van der Waals surface area contributed by atoms with Crippen molar-refractivity contribution in [2.75, 3.05) is 5.32 Å². The topological polar surface area (TPSA) is 71.3 Å². The number of nitrogens with zero attached hydrogens (tertiary/aromatic N) is 3. The average Bonchev–Trinajstić information content (AvgIpc) is 3.52. The van der Waals surface area contributed by atoms with E-state index in [1.807, 2.05) is 17.1 Å². The zero-order valence-electron chi connectivity index (χ0n) is 18.0. The SMILES string of the molecule is Cc1nocc1C(=O)N(C1C=C1)[C@@H]1CCC[C@H](Nc2cc(C(F)(F)F)nc3ccccc23)C1. The summed E-state index contributed by atoms with van der Waals surface area (Å²) in [5, 5.41) is 7.80. The molecule has 1 N–H and O–H groups in total. The number of halogens is 3. The first-order valence-corrected chi connectivity index (χ1v) is 11.0. The number of aromatic nitrogens is 2. The maximum Gasteiger partial charge on any atom is 0.433 e. The molecule has 2 atom stereocenters. The fourth-order valence-electron chi connectivity index (χ4n) is 4.62. The Morgan fingerprint density at radius 2 is 2.00 bits per heavy atom. The van der Waals surface area contributed by atoms with Gasteiger partial charge in [-0.3, -0.25) is 4.79 Å². The van der Waals surface area contributed by atoms with Crippen LogP contribution in [0, 0.1) is 6.92 Å². The maximum atomic E-state index is 13.4. The lowest BCUT2D eigenvalue weighted by Gasteiger charge is -2.38. The molecule has 0 aliphatic heterocycles. The molecule has 172 valence electrons. The van der Waals surface area contributed by atoms with Gasteiger partial charge in [0.2, 0.25) is 0 Å². The third-order valence-electron chi connectivity index (χ3n) is 6.31. The highest BCUT2D eigenvalue weighted by Gasteiger charge is 2.38. The highest BCUT2D eigenvalue weighted by Crippen LogP contribution is 2.36. The number of rotatable bonds is 5. The van der Waals surface area contributed by atoms with Gasteiger partial charge in [-0.05, 0) is 44.7 Å². The van der Waals surface area contributed by atoms with E-state index in [1.54, 1.807) is 31.2 Å². The first-order chi connectivity index (χ1) is 15.8. The molecule has 1 aromatic carbocycles. The van der Waals surface area contributed by atoms with Crippen molar-refractivity contribution in [3.63, 3.8) is 0 Å². The lowest BCUT2D eigenvalue weighted by Crippen LogP contribution is -2.47. The van der Waals surface area contributed by atoms with Crippen LogP contribution in [0.3, 0.4) is 0 Å². The van der Waals surface area contributed by atoms with Crippen molar-refractivity contribution < 1.29 is 22.5 Å². The van der Waals surface area contributed by atoms with Crippen LogP contribution in [0.15, 0.2) is 53.3 Å². The van der Waals surface area contributed by atoms with Crippen LogP contribution < -0.4 is 5.32 Å². The summed E-state index contributed by atoms with van der Waals surface area (Å²) in [5.41, 5.74) is 0.769. The molecule has 0 spiro atoms. The molecule has 2 aliphatic rings. The first kappa shape index (κ1) is 21.5. The van der Waals surface area contributed by atoms with Gasteiger partial charge in [-0.25, -0.2) is 4.98 Å². The second-order valence-corrected chi connectivity index (χ2v) is 8.63. The van der Waals surface area contributed by atoms with Gasteiger partial charge in [0.1, 0.15) is 17.5 Å². The summed E-state index contributed by atoms with van der Waals surface area (Å²) in [6, 6.07) is 7.72. The van der Waals surface area contributed by atoms with E-state index >= 15 is 0 Å². The quantitative estimate of drug-likeness (QED) is 0.524. The zero-order chi connectivity index (χ0) is 23.2. The molecule has 5 rings (SSSR count). The Balaban J connectivity index is 1.40. The number of aryl methyl sites for hydroxylation is 1. The van der Waals surface area contributed by atoms with Crippen LogP contribution in [0.1, 0.15) is 47.4 Å². The van der Waals surface area contributed by atoms with Crippen LogP contribution in [0.5, 0.6) is 0 Å². The molecule has 2 aromatic heterocycles. The molecule has 1 fully saturated rings. The Labute approximate surface area is 188 Å². The van der Waals surface area contributed by atoms with Gasteiger partial charge < -0.3 is 14.7 Å². The number of hydrogen-bond acceptors (Lipinski definition) is 5. The molecule has 33 heavy (non-hydrogen) atoms. The van der Waals surface area contributed by atoms with E-state index in [1.165, 1.54) is 6.26 Å². The molecule has 9 heteroatoms. The van der Waals surface area contributed by atoms with E-state index < -0.39 is 11.9 Å². The summed E-state index contributed by atoms with van der Waals surface area (Å²) in [4.78, 5) is 18.9. The second kappa shape index (κ2) is 8.20. The standard InChI is InChI=1S/C24H23F3N4O2/c1-14-19(13-33-30-14)23(32)31(16-9-10-16)17-6-4-5-15(11-17)28-21-12-22(24(25,26)27)29-20-8-3-2-7-18(20)21/h2-3,7-10,12-13,15-17H,4-6,11H2,1H3,(H,28,29)/t15-,17+/m0/s1. The number of anilines is 1. The van der Waals surface area contributed by atoms with E-state index in [4.69, 9.17) is 4.52 Å². The number of pyridine rings is 1. The van der Waals surface area contributed by atoms with Gasteiger partial charge in [0.25, 0.3) is 5.91 Å². The number of carbonyl (C=O) groups excluding carboxylic acids is 1. The predicted molar refractivity (Wildman–Crippen MR) is 117 cm³/mol. The number of benzene rings is 1. The number of amides is 1. The van der Waals surface area contributed by atoms with Crippen molar-refractivity contribution in [2.45, 2.75) is 56.9 Å². The fraction of sp³-hybridized carbons (Fsp3) is 0.375. The molecule has 0 saturated heterocycles. The van der Waals surface area contributed by atoms with Gasteiger partial charge in [0.05, 0.1) is 17.3 Å². The monoisotopic (exact) mass is 456 g/mol. The molecule has 1 saturated carbocycles. The highest BCUT2D eigenvalue weighted by molar-refractivity contribution is 5.96. The van der Waals surface area contributed by atoms with E-state index in [2.05, 4.69) is 15.5 Å². The summed E-state index contributed by atoms with van der Waals surface area (Å²) in [6.45, 7) is 1.73. The fourth-order valence-corrected chi connectivity index (χ4v) is 4.62. The third kappa shape index (κ3) is 4.31. The summed E-state index contributed by atoms with van der Waals surface area (Å²) < 4.78 is 45.3. The number of nitrogens with one attached hydrogen (secondary N) is 1. The van der Waals surface area contributed by atoms with Crippen LogP contribution in [-0.2, 0) is 6.18 Å². The minimum absolute atomic E-state index is 0.0471. The van der Waals surface area contributed by atoms with E-state index in [0.717, 1.165) is 25.3 Å². The molecule has 2 aliphatic carbocycles. The van der Waals surface area contributed by atoms with Crippen LogP contribution in [-0.4, -0.2) is 39.1 Å². The molecule has 0 unspecified atom stereocenters. The summed E-state index contributed by atoms with van der Waals surface area (Å²) >= 11 is 0. The Hall–Kier alpha value is -3.36. The summed E-state index contributed by atoms with van der Waals surface area (Å²) in [6.07, 6.45) is 3.88. The molecule has 0 bridgehead atoms. The lowest BCUT2D eigenvalue weighted by atomic mass is 9.89. The molecule has 1 amide bonds. The van der Waals surface area contributed by atoms with E-state index in [9.17, 15) is 18.0 Å². The second-order valence-electron chi connectivity index (χ2n) is 8.63. The van der Waals surface area contributed by atoms with Gasteiger partial charge in [-0.15, -0.1) is 0 Å². The lowest BCUT2D eigenvalue weighted by molar-refractivity contribution is -0.140. The minimum Gasteiger partial charge on any atom is -0.382 e. The number of alkyl halides is 3. The number of carbonyl (C=O) groups is 1. The zero-order valence-corrected chi connectivity index (χ0v) is 18.0. The van der Waals surface area contributed by atoms with Gasteiger partial charge in [-0.1, -0.05) is 35.5 Å². The predicted octanol–water partition coefficient (Wildman–Crippen LogP) is 5.35. The average molecular weight is 456 g/mol. The van der Waals surface area contributed by atoms with Crippen molar-refractivity contribution in [1.29, 1.82) is 0 Å². The van der Waals surface area contributed by atoms with Crippen molar-refractivity contribution in [1.82, 2.24) is 15.0 Å². The van der Waals surface area contributed by atoms with E-state index in [-0.39, 0.29) is 24.0 Å². The normalized spacial score (nSPS) is 20.7. The van der Waals surface area contributed by atoms with Gasteiger partial charge in [0, 0.05) is 23.2 Å². The van der Waals surface area contributed by atoms with Crippen LogP contribution in [0.2, 0.25) is 0 Å². The van der Waals surface area contributed by atoms with Crippen molar-refractivity contribution in [3.05, 3.63) is 65.7 Å². The third-order valence-corrected chi connectivity index (χ3v) is 6.31. The summed E-state index contributed by atoms with van der Waals surface area (Å²) in [7, 11) is 0. The first-order valence-electron chi connectivity index (χ1n) is 11.0. The largest absolute Gasteiger partial charge is 0.433 e. The Bertz CT molecular complexity index is 1210. The minimum atomic E-state index is -4.53. The van der Waals surface area contributed by atoms with Gasteiger partial charge in [-0.2, -0.15) is 13.2 Å². The van der Waals surface area contributed by atoms with Crippen LogP contribution in [0.4, 0.5) is 18.9 Å². The van der Waals surface area contributed by atoms with Gasteiger partial charge >= 0.3 is 6.18 Å². The highest BCUT2D eigenvalue weighted by atomic mass is 19.4. The maximum absolute atomic E-state index is 13.4. The Morgan fingerprint density at radius 3 is 2.70 bits per heavy atom. The molecular formula is C24H23F3N4O2. The van der Waals surface area contributed by atoms with Crippen molar-refractivity contribution in [3.8, 4) is 0 Å². The Morgan fingerprint density at radius 1 is 1.21 bits per heavy atom. The smallest absolute Gasteiger partial charge is 0.382 e. The summed E-state index contributed by atoms with van der Waals surface area (Å²) in [5.74, 6) is -0.136. The van der Waals surface area contributed by atoms with Crippen LogP contribution in [0.25, 0.3) is 10.9 Å². The Kier molecular flexibility index (Phi) is 5.34. The number of hydrogen-bond donors (Lipinski definition) is 1. The molecular weight excluding hydrogens is 433 g/mol. The number of fused-ring (bicyclic) bond motifs is 1. The van der Waals surface area contributed by atoms with E-state index in [0.29, 0.717) is 34.3 Å². The molecule has 2 heterocycles. The van der Waals surface area contributed by atoms with Crippen LogP contribution >= 0.6 is 0 Å². The van der Waals surface area contributed by atoms with Gasteiger partial charge in [0.15, 0.2) is 0 Å². The molecule has 6 nitrogen and oxygen atoms in total. The molecule has 3 aromatic rings. The molecule has 0 radical (unpaired) electrons. The van der Waals surface area contributed by atoms with Crippen molar-refractivity contribution >= 4 is 22.5 Å². The van der Waals surface area contributed by atoms with Crippen molar-refractivity contribution in [2.24, 2.45) is 0 Å². The number of para-hydroxylation sites is 1.